The van der Waals surface area contributed by atoms with Crippen molar-refractivity contribution >= 4 is 11.9 Å². The summed E-state index contributed by atoms with van der Waals surface area (Å²) in [5, 5.41) is 8.68. The average Bonchev–Trinajstić information content (AvgIpc) is 2.23. The Balaban J connectivity index is 5.38. The average molecular weight is 320 g/mol. The number of carbonyl (C=O) groups excluding carboxylic acids is 1. The van der Waals surface area contributed by atoms with Gasteiger partial charge >= 0.3 is 23.9 Å². The molecule has 1 N–H and O–H groups in total. The molecule has 0 aliphatic rings. The number of carboxylic acids is 1. The van der Waals surface area contributed by atoms with E-state index in [1.807, 2.05) is 0 Å². The molecule has 0 radical (unpaired) electrons. The molecular weight excluding hydrogens is 307 g/mol. The van der Waals surface area contributed by atoms with Crippen LogP contribution in [0.3, 0.4) is 0 Å². The third-order valence-corrected chi connectivity index (χ3v) is 2.09. The molecule has 5 nitrogen and oxygen atoms in total. The highest BCUT2D eigenvalue weighted by atomic mass is 19.4. The van der Waals surface area contributed by atoms with Crippen molar-refractivity contribution < 1.29 is 46.1 Å². The molecule has 0 fully saturated rings. The van der Waals surface area contributed by atoms with E-state index in [1.54, 1.807) is 0 Å². The molecule has 0 spiro atoms. The molecule has 122 valence electrons. The van der Waals surface area contributed by atoms with E-state index in [9.17, 15) is 31.5 Å². The third-order valence-electron chi connectivity index (χ3n) is 2.09. The number of aliphatic carboxylic acids is 1. The van der Waals surface area contributed by atoms with Crippen LogP contribution in [0.4, 0.5) is 22.0 Å². The Hall–Kier alpha value is -1.71. The summed E-state index contributed by atoms with van der Waals surface area (Å²) in [7, 11) is 0. The zero-order chi connectivity index (χ0) is 17.1. The number of alkyl halides is 5. The third kappa shape index (κ3) is 5.29. The second-order valence-corrected chi connectivity index (χ2v) is 4.26. The second kappa shape index (κ2) is 6.37. The molecule has 21 heavy (non-hydrogen) atoms. The number of hydrogen-bond acceptors (Lipinski definition) is 4. The molecule has 0 aliphatic heterocycles. The topological polar surface area (TPSA) is 72.8 Å². The molecule has 0 aromatic carbocycles. The van der Waals surface area contributed by atoms with Gasteiger partial charge in [0.1, 0.15) is 0 Å². The first-order valence-corrected chi connectivity index (χ1v) is 5.43. The van der Waals surface area contributed by atoms with E-state index < -0.39 is 48.4 Å². The summed E-state index contributed by atoms with van der Waals surface area (Å²) in [4.78, 5) is 22.0. The van der Waals surface area contributed by atoms with Crippen molar-refractivity contribution in [3.63, 3.8) is 0 Å². The fraction of sp³-hybridized carbons (Fsp3) is 0.636. The Labute approximate surface area is 116 Å². The van der Waals surface area contributed by atoms with Crippen molar-refractivity contribution in [3.8, 4) is 0 Å². The minimum absolute atomic E-state index is 0.409. The number of carboxylic acid groups (broad SMARTS) is 1. The molecule has 0 rings (SSSR count). The van der Waals surface area contributed by atoms with E-state index >= 15 is 0 Å². The lowest BCUT2D eigenvalue weighted by atomic mass is 10.2. The molecule has 0 aliphatic carbocycles. The smallest absolute Gasteiger partial charge is 0.468 e. The number of hydrogen-bond donors (Lipinski definition) is 1. The maximum absolute atomic E-state index is 12.9. The Morgan fingerprint density at radius 3 is 1.95 bits per heavy atom. The van der Waals surface area contributed by atoms with Gasteiger partial charge in [-0.2, -0.15) is 13.2 Å². The van der Waals surface area contributed by atoms with Crippen LogP contribution in [0.1, 0.15) is 20.3 Å². The fourth-order valence-electron chi connectivity index (χ4n) is 0.987. The largest absolute Gasteiger partial charge is 0.476 e. The lowest BCUT2D eigenvalue weighted by Crippen LogP contribution is -2.57. The van der Waals surface area contributed by atoms with Crippen LogP contribution < -0.4 is 0 Å². The highest BCUT2D eigenvalue weighted by Crippen LogP contribution is 2.36. The second-order valence-electron chi connectivity index (χ2n) is 4.26. The van der Waals surface area contributed by atoms with Crippen LogP contribution in [-0.2, 0) is 19.1 Å². The van der Waals surface area contributed by atoms with Crippen LogP contribution in [0, 0.1) is 0 Å². The maximum Gasteiger partial charge on any atom is 0.468 e. The number of ether oxygens (including phenoxy) is 2. The summed E-state index contributed by atoms with van der Waals surface area (Å²) < 4.78 is 71.5. The van der Waals surface area contributed by atoms with E-state index in [2.05, 4.69) is 16.1 Å². The summed E-state index contributed by atoms with van der Waals surface area (Å²) in [5.41, 5.74) is -0.519. The van der Waals surface area contributed by atoms with Crippen LogP contribution in [0.2, 0.25) is 0 Å². The number of esters is 1. The Morgan fingerprint density at radius 1 is 1.19 bits per heavy atom. The molecule has 0 aromatic heterocycles. The number of rotatable bonds is 7. The van der Waals surface area contributed by atoms with Gasteiger partial charge in [-0.05, 0) is 13.8 Å². The first kappa shape index (κ1) is 19.3. The molecule has 0 heterocycles. The zero-order valence-electron chi connectivity index (χ0n) is 11.1. The molecule has 0 bridgehead atoms. The Kier molecular flexibility index (Phi) is 5.85. The molecular formula is C11H13F5O5. The normalized spacial score (nSPS) is 15.2. The summed E-state index contributed by atoms with van der Waals surface area (Å²) in [6.07, 6.45) is -6.87. The van der Waals surface area contributed by atoms with E-state index in [0.29, 0.717) is 6.92 Å². The van der Waals surface area contributed by atoms with Crippen molar-refractivity contribution in [2.45, 2.75) is 38.2 Å². The monoisotopic (exact) mass is 320 g/mol. The number of carbonyl (C=O) groups is 2. The lowest BCUT2D eigenvalue weighted by molar-refractivity contribution is -0.354. The van der Waals surface area contributed by atoms with Crippen LogP contribution in [-0.4, -0.2) is 41.5 Å². The number of halogens is 5. The summed E-state index contributed by atoms with van der Waals surface area (Å²) in [6, 6.07) is 0. The van der Waals surface area contributed by atoms with Crippen molar-refractivity contribution in [1.82, 2.24) is 0 Å². The minimum Gasteiger partial charge on any atom is -0.476 e. The van der Waals surface area contributed by atoms with Gasteiger partial charge in [0, 0.05) is 12.0 Å². The summed E-state index contributed by atoms with van der Waals surface area (Å²) in [5.74, 6) is -12.1. The van der Waals surface area contributed by atoms with Gasteiger partial charge in [0.2, 0.25) is 5.92 Å². The van der Waals surface area contributed by atoms with Gasteiger partial charge in [0.25, 0.3) is 0 Å². The highest BCUT2D eigenvalue weighted by Gasteiger charge is 2.67. The lowest BCUT2D eigenvalue weighted by Gasteiger charge is -2.31. The van der Waals surface area contributed by atoms with Gasteiger partial charge < -0.3 is 14.6 Å². The molecule has 0 saturated heterocycles. The maximum atomic E-state index is 12.9. The summed E-state index contributed by atoms with van der Waals surface area (Å²) >= 11 is 0. The quantitative estimate of drug-likeness (QED) is 0.338. The van der Waals surface area contributed by atoms with Crippen LogP contribution >= 0.6 is 0 Å². The van der Waals surface area contributed by atoms with Crippen LogP contribution in [0.25, 0.3) is 0 Å². The molecule has 1 atom stereocenters. The SMILES string of the molecule is C=C(C)C(=O)OC(OCCC(C)(F)F)(C(=O)O)C(F)(F)F. The van der Waals surface area contributed by atoms with Gasteiger partial charge in [-0.1, -0.05) is 6.58 Å². The van der Waals surface area contributed by atoms with Crippen LogP contribution in [0.5, 0.6) is 0 Å². The van der Waals surface area contributed by atoms with Crippen molar-refractivity contribution in [1.29, 1.82) is 0 Å². The molecule has 0 aromatic rings. The molecule has 10 heteroatoms. The standard InChI is InChI=1S/C11H13F5O5/c1-6(2)7(17)21-10(8(18)19,11(14,15)16)20-5-4-9(3,12)13/h1,4-5H2,2-3H3,(H,18,19). The van der Waals surface area contributed by atoms with E-state index in [0.717, 1.165) is 6.92 Å². The van der Waals surface area contributed by atoms with Gasteiger partial charge in [0.15, 0.2) is 0 Å². The van der Waals surface area contributed by atoms with Crippen LogP contribution in [0.15, 0.2) is 12.2 Å². The van der Waals surface area contributed by atoms with Crippen molar-refractivity contribution in [2.75, 3.05) is 6.61 Å². The van der Waals surface area contributed by atoms with Gasteiger partial charge in [-0.3, -0.25) is 0 Å². The van der Waals surface area contributed by atoms with Crippen molar-refractivity contribution in [2.24, 2.45) is 0 Å². The summed E-state index contributed by atoms with van der Waals surface area (Å²) in [6.45, 7) is 3.08. The van der Waals surface area contributed by atoms with E-state index in [1.165, 1.54) is 0 Å². The molecule has 0 saturated carbocycles. The predicted octanol–water partition coefficient (Wildman–Crippen LogP) is 2.51. The first-order chi connectivity index (χ1) is 9.23. The van der Waals surface area contributed by atoms with Gasteiger partial charge in [-0.25, -0.2) is 18.4 Å². The van der Waals surface area contributed by atoms with Gasteiger partial charge in [0.05, 0.1) is 6.61 Å². The van der Waals surface area contributed by atoms with Gasteiger partial charge in [-0.15, -0.1) is 0 Å². The molecule has 0 amide bonds. The van der Waals surface area contributed by atoms with E-state index in [-0.39, 0.29) is 0 Å². The van der Waals surface area contributed by atoms with Crippen molar-refractivity contribution in [3.05, 3.63) is 12.2 Å². The fourth-order valence-corrected chi connectivity index (χ4v) is 0.987. The minimum atomic E-state index is -5.67. The molecule has 1 unspecified atom stereocenters. The predicted molar refractivity (Wildman–Crippen MR) is 58.5 cm³/mol. The highest BCUT2D eigenvalue weighted by molar-refractivity contribution is 5.90. The Morgan fingerprint density at radius 2 is 1.67 bits per heavy atom. The van der Waals surface area contributed by atoms with E-state index in [4.69, 9.17) is 5.11 Å². The zero-order valence-corrected chi connectivity index (χ0v) is 11.1. The first-order valence-electron chi connectivity index (χ1n) is 5.43. The Bertz CT molecular complexity index is 426.